The van der Waals surface area contributed by atoms with E-state index < -0.39 is 11.7 Å². The lowest BCUT2D eigenvalue weighted by atomic mass is 10.1. The number of hydrogen-bond acceptors (Lipinski definition) is 6. The van der Waals surface area contributed by atoms with E-state index in [9.17, 15) is 13.6 Å². The molecule has 0 spiro atoms. The molecule has 0 saturated carbocycles. The van der Waals surface area contributed by atoms with Crippen LogP contribution in [0.4, 0.5) is 8.78 Å². The molecule has 152 valence electrons. The van der Waals surface area contributed by atoms with Crippen molar-refractivity contribution < 1.29 is 22.8 Å². The van der Waals surface area contributed by atoms with E-state index in [1.54, 1.807) is 31.2 Å². The molecule has 4 rings (SSSR count). The molecule has 0 radical (unpaired) electrons. The first-order valence-electron chi connectivity index (χ1n) is 9.03. The molecule has 0 bridgehead atoms. The number of fused-ring (bicyclic) bond motifs is 1. The molecule has 0 unspecified atom stereocenters. The summed E-state index contributed by atoms with van der Waals surface area (Å²) in [5.41, 5.74) is 1.69. The number of halogens is 2. The fourth-order valence-corrected chi connectivity index (χ4v) is 2.85. The van der Waals surface area contributed by atoms with Gasteiger partial charge in [0.05, 0.1) is 0 Å². The van der Waals surface area contributed by atoms with E-state index in [4.69, 9.17) is 9.26 Å². The van der Waals surface area contributed by atoms with Crippen molar-refractivity contribution >= 4 is 17.0 Å². The maximum absolute atomic E-state index is 13.6. The second-order valence-electron chi connectivity index (χ2n) is 6.49. The van der Waals surface area contributed by atoms with Crippen LogP contribution >= 0.6 is 0 Å². The highest BCUT2D eigenvalue weighted by atomic mass is 19.1. The Balaban J connectivity index is 1.52. The molecule has 0 aliphatic rings. The van der Waals surface area contributed by atoms with Crippen molar-refractivity contribution in [3.63, 3.8) is 0 Å². The normalized spacial score (nSPS) is 10.9. The zero-order valence-electron chi connectivity index (χ0n) is 15.9. The van der Waals surface area contributed by atoms with E-state index in [1.165, 1.54) is 24.3 Å². The molecule has 0 atom stereocenters. The van der Waals surface area contributed by atoms with E-state index in [0.29, 0.717) is 22.5 Å². The zero-order chi connectivity index (χ0) is 21.1. The molecular formula is C21H16F2N4O3. The van der Waals surface area contributed by atoms with Gasteiger partial charge in [-0.3, -0.25) is 4.79 Å². The van der Waals surface area contributed by atoms with E-state index in [0.717, 1.165) is 5.56 Å². The molecule has 9 heteroatoms. The third kappa shape index (κ3) is 4.24. The number of hydrogen-bond donors (Lipinski definition) is 1. The average Bonchev–Trinajstić information content (AvgIpc) is 3.15. The Morgan fingerprint density at radius 3 is 2.67 bits per heavy atom. The van der Waals surface area contributed by atoms with Crippen LogP contribution in [-0.4, -0.2) is 27.6 Å². The number of nitrogens with one attached hydrogen (secondary N) is 1. The highest BCUT2D eigenvalue weighted by Crippen LogP contribution is 2.33. The zero-order valence-corrected chi connectivity index (χ0v) is 15.9. The minimum absolute atomic E-state index is 0.106. The lowest BCUT2D eigenvalue weighted by Crippen LogP contribution is -2.28. The summed E-state index contributed by atoms with van der Waals surface area (Å²) >= 11 is 0. The van der Waals surface area contributed by atoms with Crippen LogP contribution in [0.3, 0.4) is 0 Å². The molecule has 0 aliphatic carbocycles. The van der Waals surface area contributed by atoms with Gasteiger partial charge in [-0.2, -0.15) is 9.97 Å². The van der Waals surface area contributed by atoms with Gasteiger partial charge < -0.3 is 14.6 Å². The molecule has 1 amide bonds. The second kappa shape index (κ2) is 8.24. The fourth-order valence-electron chi connectivity index (χ4n) is 2.85. The van der Waals surface area contributed by atoms with Gasteiger partial charge in [-0.25, -0.2) is 8.78 Å². The Kier molecular flexibility index (Phi) is 5.34. The summed E-state index contributed by atoms with van der Waals surface area (Å²) in [6, 6.07) is 11.6. The van der Waals surface area contributed by atoms with Crippen LogP contribution in [0.2, 0.25) is 0 Å². The SMILES string of the molecule is Cc1nc(OCC(=O)NCc2ccc(F)cc2)c2c(-c3cccc(F)c3)noc2n1. The fraction of sp³-hybridized carbons (Fsp3) is 0.143. The second-order valence-corrected chi connectivity index (χ2v) is 6.49. The van der Waals surface area contributed by atoms with Crippen LogP contribution in [0.1, 0.15) is 11.4 Å². The predicted molar refractivity (Wildman–Crippen MR) is 103 cm³/mol. The van der Waals surface area contributed by atoms with Crippen LogP contribution in [0, 0.1) is 18.6 Å². The minimum Gasteiger partial charge on any atom is -0.467 e. The number of nitrogens with zero attached hydrogens (tertiary/aromatic N) is 3. The standard InChI is InChI=1S/C21H16F2N4O3/c1-12-25-20(29-11-17(28)24-10-13-5-7-15(22)8-6-13)18-19(27-30-21(18)26-12)14-3-2-4-16(23)9-14/h2-9H,10-11H2,1H3,(H,24,28). The molecular weight excluding hydrogens is 394 g/mol. The van der Waals surface area contributed by atoms with Crippen molar-refractivity contribution in [1.29, 1.82) is 0 Å². The summed E-state index contributed by atoms with van der Waals surface area (Å²) in [5, 5.41) is 6.99. The van der Waals surface area contributed by atoms with Crippen molar-refractivity contribution in [2.24, 2.45) is 0 Å². The molecule has 30 heavy (non-hydrogen) atoms. The van der Waals surface area contributed by atoms with Gasteiger partial charge in [0.25, 0.3) is 11.6 Å². The number of ether oxygens (including phenoxy) is 1. The number of benzene rings is 2. The Hall–Kier alpha value is -3.88. The Morgan fingerprint density at radius 1 is 1.10 bits per heavy atom. The molecule has 0 fully saturated rings. The van der Waals surface area contributed by atoms with Crippen molar-refractivity contribution in [3.05, 3.63) is 71.6 Å². The summed E-state index contributed by atoms with van der Waals surface area (Å²) in [6.45, 7) is 1.55. The van der Waals surface area contributed by atoms with Gasteiger partial charge >= 0.3 is 0 Å². The first kappa shape index (κ1) is 19.4. The monoisotopic (exact) mass is 410 g/mol. The van der Waals surface area contributed by atoms with Crippen LogP contribution in [0.5, 0.6) is 5.88 Å². The topological polar surface area (TPSA) is 90.1 Å². The van der Waals surface area contributed by atoms with Gasteiger partial charge in [0, 0.05) is 12.1 Å². The van der Waals surface area contributed by atoms with Gasteiger partial charge in [-0.15, -0.1) is 0 Å². The van der Waals surface area contributed by atoms with E-state index in [2.05, 4.69) is 20.4 Å². The van der Waals surface area contributed by atoms with Gasteiger partial charge in [0.1, 0.15) is 28.5 Å². The largest absolute Gasteiger partial charge is 0.467 e. The Bertz CT molecular complexity index is 1210. The van der Waals surface area contributed by atoms with Crippen molar-refractivity contribution in [2.45, 2.75) is 13.5 Å². The molecule has 0 saturated heterocycles. The first-order valence-corrected chi connectivity index (χ1v) is 9.03. The molecule has 4 aromatic rings. The van der Waals surface area contributed by atoms with Crippen LogP contribution in [-0.2, 0) is 11.3 Å². The lowest BCUT2D eigenvalue weighted by Gasteiger charge is -2.08. The molecule has 2 aromatic heterocycles. The van der Waals surface area contributed by atoms with Gasteiger partial charge in [-0.1, -0.05) is 29.4 Å². The quantitative estimate of drug-likeness (QED) is 0.523. The molecule has 2 aromatic carbocycles. The number of carbonyl (C=O) groups is 1. The summed E-state index contributed by atoms with van der Waals surface area (Å²) < 4.78 is 37.4. The molecule has 1 N–H and O–H groups in total. The maximum atomic E-state index is 13.6. The van der Waals surface area contributed by atoms with E-state index in [-0.39, 0.29) is 30.6 Å². The Morgan fingerprint density at radius 2 is 1.90 bits per heavy atom. The van der Waals surface area contributed by atoms with Crippen molar-refractivity contribution in [2.75, 3.05) is 6.61 Å². The first-order chi connectivity index (χ1) is 14.5. The number of aryl methyl sites for hydroxylation is 1. The van der Waals surface area contributed by atoms with E-state index in [1.807, 2.05) is 0 Å². The number of amides is 1. The van der Waals surface area contributed by atoms with E-state index >= 15 is 0 Å². The van der Waals surface area contributed by atoms with Gasteiger partial charge in [0.2, 0.25) is 5.88 Å². The summed E-state index contributed by atoms with van der Waals surface area (Å²) in [6.07, 6.45) is 0. The van der Waals surface area contributed by atoms with Crippen LogP contribution < -0.4 is 10.1 Å². The molecule has 7 nitrogen and oxygen atoms in total. The predicted octanol–water partition coefficient (Wildman–Crippen LogP) is 3.57. The smallest absolute Gasteiger partial charge is 0.265 e. The number of carbonyl (C=O) groups excluding carboxylic acids is 1. The molecule has 0 aliphatic heterocycles. The van der Waals surface area contributed by atoms with Crippen LogP contribution in [0.15, 0.2) is 53.1 Å². The average molecular weight is 410 g/mol. The van der Waals surface area contributed by atoms with Gasteiger partial charge in [-0.05, 0) is 36.8 Å². The van der Waals surface area contributed by atoms with Crippen LogP contribution in [0.25, 0.3) is 22.4 Å². The third-order valence-corrected chi connectivity index (χ3v) is 4.26. The maximum Gasteiger partial charge on any atom is 0.265 e. The Labute approximate surface area is 169 Å². The minimum atomic E-state index is -0.431. The highest BCUT2D eigenvalue weighted by molar-refractivity contribution is 5.93. The third-order valence-electron chi connectivity index (χ3n) is 4.26. The number of rotatable bonds is 6. The van der Waals surface area contributed by atoms with Gasteiger partial charge in [0.15, 0.2) is 6.61 Å². The summed E-state index contributed by atoms with van der Waals surface area (Å²) in [4.78, 5) is 20.6. The summed E-state index contributed by atoms with van der Waals surface area (Å²) in [7, 11) is 0. The van der Waals surface area contributed by atoms with Crippen molar-refractivity contribution in [1.82, 2.24) is 20.4 Å². The van der Waals surface area contributed by atoms with Crippen molar-refractivity contribution in [3.8, 4) is 17.1 Å². The summed E-state index contributed by atoms with van der Waals surface area (Å²) in [5.74, 6) is -0.702. The highest BCUT2D eigenvalue weighted by Gasteiger charge is 2.20. The lowest BCUT2D eigenvalue weighted by molar-refractivity contribution is -0.123. The number of aromatic nitrogens is 3. The molecule has 2 heterocycles.